The van der Waals surface area contributed by atoms with Gasteiger partial charge in [0.05, 0.1) is 7.11 Å². The van der Waals surface area contributed by atoms with E-state index in [0.717, 1.165) is 12.2 Å². The van der Waals surface area contributed by atoms with Crippen LogP contribution in [0.15, 0.2) is 30.3 Å². The Kier molecular flexibility index (Phi) is 3.56. The zero-order valence-corrected chi connectivity index (χ0v) is 8.50. The van der Waals surface area contributed by atoms with E-state index in [1.165, 1.54) is 11.1 Å². The van der Waals surface area contributed by atoms with Gasteiger partial charge in [0.25, 0.3) is 0 Å². The van der Waals surface area contributed by atoms with Crippen molar-refractivity contribution in [1.29, 1.82) is 0 Å². The number of benzene rings is 1. The Hall–Kier alpha value is -1.24. The van der Waals surface area contributed by atoms with Crippen LogP contribution in [0, 0.1) is 0 Å². The number of para-hydroxylation sites is 1. The fourth-order valence-corrected chi connectivity index (χ4v) is 1.46. The van der Waals surface area contributed by atoms with Crippen LogP contribution in [-0.4, -0.2) is 7.11 Å². The monoisotopic (exact) mass is 176 g/mol. The topological polar surface area (TPSA) is 9.23 Å². The largest absolute Gasteiger partial charge is 0.496 e. The normalized spacial score (nSPS) is 11.5. The van der Waals surface area contributed by atoms with Gasteiger partial charge in [-0.1, -0.05) is 31.2 Å². The third-order valence-electron chi connectivity index (χ3n) is 2.18. The minimum absolute atomic E-state index is 0.956. The Morgan fingerprint density at radius 2 is 2.08 bits per heavy atom. The van der Waals surface area contributed by atoms with Gasteiger partial charge in [-0.2, -0.15) is 0 Å². The summed E-state index contributed by atoms with van der Waals surface area (Å²) in [5.74, 6) is 0.956. The van der Waals surface area contributed by atoms with E-state index >= 15 is 0 Å². The van der Waals surface area contributed by atoms with E-state index in [1.54, 1.807) is 7.11 Å². The summed E-state index contributed by atoms with van der Waals surface area (Å²) in [6.07, 6.45) is 3.18. The second-order valence-electron chi connectivity index (χ2n) is 2.87. The van der Waals surface area contributed by atoms with Gasteiger partial charge >= 0.3 is 0 Å². The number of hydrogen-bond acceptors (Lipinski definition) is 1. The second-order valence-corrected chi connectivity index (χ2v) is 2.87. The molecule has 0 fully saturated rings. The van der Waals surface area contributed by atoms with Gasteiger partial charge in [-0.25, -0.2) is 0 Å². The molecule has 1 nitrogen and oxygen atoms in total. The molecule has 1 heteroatoms. The quantitative estimate of drug-likeness (QED) is 0.684. The summed E-state index contributed by atoms with van der Waals surface area (Å²) in [5, 5.41) is 0. The van der Waals surface area contributed by atoms with Crippen molar-refractivity contribution in [2.75, 3.05) is 7.11 Å². The lowest BCUT2D eigenvalue weighted by molar-refractivity contribution is 0.413. The Morgan fingerprint density at radius 3 is 2.62 bits per heavy atom. The highest BCUT2D eigenvalue weighted by molar-refractivity contribution is 5.70. The molecule has 0 aliphatic heterocycles. The Balaban J connectivity index is 3.12. The molecule has 0 aliphatic rings. The molecular weight excluding hydrogens is 160 g/mol. The first-order valence-corrected chi connectivity index (χ1v) is 4.62. The molecule has 0 amide bonds. The SMILES string of the molecule is C/C=C(\CC)c1ccccc1OC. The molecule has 0 aliphatic carbocycles. The molecular formula is C12H16O. The number of methoxy groups -OCH3 is 1. The van der Waals surface area contributed by atoms with Crippen molar-refractivity contribution in [1.82, 2.24) is 0 Å². The van der Waals surface area contributed by atoms with Crippen LogP contribution in [0.3, 0.4) is 0 Å². The molecule has 0 heterocycles. The highest BCUT2D eigenvalue weighted by Crippen LogP contribution is 2.27. The summed E-state index contributed by atoms with van der Waals surface area (Å²) >= 11 is 0. The van der Waals surface area contributed by atoms with Crippen molar-refractivity contribution in [2.45, 2.75) is 20.3 Å². The minimum Gasteiger partial charge on any atom is -0.496 e. The fourth-order valence-electron chi connectivity index (χ4n) is 1.46. The average Bonchev–Trinajstić information content (AvgIpc) is 2.20. The summed E-state index contributed by atoms with van der Waals surface area (Å²) in [7, 11) is 1.71. The average molecular weight is 176 g/mol. The molecule has 0 radical (unpaired) electrons. The van der Waals surface area contributed by atoms with Crippen molar-refractivity contribution in [3.8, 4) is 5.75 Å². The van der Waals surface area contributed by atoms with Gasteiger partial charge in [0, 0.05) is 5.56 Å². The van der Waals surface area contributed by atoms with Crippen LogP contribution in [0.1, 0.15) is 25.8 Å². The van der Waals surface area contributed by atoms with Crippen LogP contribution >= 0.6 is 0 Å². The third kappa shape index (κ3) is 2.11. The molecule has 0 saturated heterocycles. The van der Waals surface area contributed by atoms with Crippen LogP contribution in [0.25, 0.3) is 5.57 Å². The lowest BCUT2D eigenvalue weighted by Gasteiger charge is -2.09. The Bertz CT molecular complexity index is 300. The first-order chi connectivity index (χ1) is 6.33. The lowest BCUT2D eigenvalue weighted by atomic mass is 10.0. The Morgan fingerprint density at radius 1 is 1.38 bits per heavy atom. The number of allylic oxidation sites excluding steroid dienone is 2. The summed E-state index contributed by atoms with van der Waals surface area (Å²) in [5.41, 5.74) is 2.53. The molecule has 0 unspecified atom stereocenters. The number of rotatable bonds is 3. The highest BCUT2D eigenvalue weighted by Gasteiger charge is 2.03. The van der Waals surface area contributed by atoms with Gasteiger partial charge in [0.15, 0.2) is 0 Å². The van der Waals surface area contributed by atoms with Crippen molar-refractivity contribution >= 4 is 5.57 Å². The van der Waals surface area contributed by atoms with Gasteiger partial charge < -0.3 is 4.74 Å². The first kappa shape index (κ1) is 9.85. The fraction of sp³-hybridized carbons (Fsp3) is 0.333. The predicted molar refractivity (Wildman–Crippen MR) is 56.9 cm³/mol. The van der Waals surface area contributed by atoms with Gasteiger partial charge in [0.1, 0.15) is 5.75 Å². The number of hydrogen-bond donors (Lipinski definition) is 0. The minimum atomic E-state index is 0.956. The zero-order chi connectivity index (χ0) is 9.68. The maximum absolute atomic E-state index is 5.29. The molecule has 0 aromatic heterocycles. The maximum Gasteiger partial charge on any atom is 0.126 e. The highest BCUT2D eigenvalue weighted by atomic mass is 16.5. The van der Waals surface area contributed by atoms with Crippen LogP contribution in [0.2, 0.25) is 0 Å². The maximum atomic E-state index is 5.29. The molecule has 13 heavy (non-hydrogen) atoms. The second kappa shape index (κ2) is 4.70. The molecule has 70 valence electrons. The summed E-state index contributed by atoms with van der Waals surface area (Å²) in [6, 6.07) is 8.12. The Labute approximate surface area is 80.0 Å². The molecule has 0 bridgehead atoms. The number of ether oxygens (including phenoxy) is 1. The van der Waals surface area contributed by atoms with Gasteiger partial charge in [-0.05, 0) is 25.0 Å². The molecule has 0 spiro atoms. The molecule has 0 N–H and O–H groups in total. The van der Waals surface area contributed by atoms with E-state index in [2.05, 4.69) is 26.0 Å². The molecule has 1 aromatic rings. The van der Waals surface area contributed by atoms with Gasteiger partial charge in [0.2, 0.25) is 0 Å². The predicted octanol–water partition coefficient (Wildman–Crippen LogP) is 3.51. The lowest BCUT2D eigenvalue weighted by Crippen LogP contribution is -1.90. The van der Waals surface area contributed by atoms with Gasteiger partial charge in [-0.3, -0.25) is 0 Å². The van der Waals surface area contributed by atoms with Crippen LogP contribution < -0.4 is 4.74 Å². The first-order valence-electron chi connectivity index (χ1n) is 4.62. The summed E-state index contributed by atoms with van der Waals surface area (Å²) < 4.78 is 5.29. The van der Waals surface area contributed by atoms with Gasteiger partial charge in [-0.15, -0.1) is 0 Å². The van der Waals surface area contributed by atoms with Crippen LogP contribution in [-0.2, 0) is 0 Å². The van der Waals surface area contributed by atoms with Crippen molar-refractivity contribution in [2.24, 2.45) is 0 Å². The van der Waals surface area contributed by atoms with Crippen molar-refractivity contribution in [3.05, 3.63) is 35.9 Å². The van der Waals surface area contributed by atoms with Crippen molar-refractivity contribution < 1.29 is 4.74 Å². The van der Waals surface area contributed by atoms with E-state index in [4.69, 9.17) is 4.74 Å². The molecule has 0 saturated carbocycles. The summed E-state index contributed by atoms with van der Waals surface area (Å²) in [4.78, 5) is 0. The van der Waals surface area contributed by atoms with E-state index in [9.17, 15) is 0 Å². The van der Waals surface area contributed by atoms with Crippen molar-refractivity contribution in [3.63, 3.8) is 0 Å². The van der Waals surface area contributed by atoms with E-state index < -0.39 is 0 Å². The zero-order valence-electron chi connectivity index (χ0n) is 8.50. The summed E-state index contributed by atoms with van der Waals surface area (Å²) in [6.45, 7) is 4.22. The van der Waals surface area contributed by atoms with Crippen LogP contribution in [0.5, 0.6) is 5.75 Å². The van der Waals surface area contributed by atoms with E-state index in [1.807, 2.05) is 18.2 Å². The molecule has 1 aromatic carbocycles. The smallest absolute Gasteiger partial charge is 0.126 e. The standard InChI is InChI=1S/C12H16O/c1-4-10(5-2)11-8-6-7-9-12(11)13-3/h4,6-9H,5H2,1-3H3/b10-4+. The third-order valence-corrected chi connectivity index (χ3v) is 2.18. The van der Waals surface area contributed by atoms with Crippen LogP contribution in [0.4, 0.5) is 0 Å². The molecule has 0 atom stereocenters. The molecule has 1 rings (SSSR count). The van der Waals surface area contributed by atoms with E-state index in [-0.39, 0.29) is 0 Å². The van der Waals surface area contributed by atoms with E-state index in [0.29, 0.717) is 0 Å².